The number of carbonyl (C=O) groups excluding carboxylic acids is 1. The molecule has 0 aliphatic rings. The maximum absolute atomic E-state index is 13.6. The van der Waals surface area contributed by atoms with Crippen molar-refractivity contribution in [3.05, 3.63) is 59.7 Å². The first-order valence-corrected chi connectivity index (χ1v) is 5.83. The molecule has 1 amide bonds. The predicted octanol–water partition coefficient (Wildman–Crippen LogP) is 2.53. The molecule has 104 valence electrons. The molecule has 0 saturated carbocycles. The molecule has 2 rings (SSSR count). The van der Waals surface area contributed by atoms with Gasteiger partial charge in [0.15, 0.2) is 11.6 Å². The smallest absolute Gasteiger partial charge is 0.258 e. The molecule has 3 N–H and O–H groups in total. The fraction of sp³-hybridized carbons (Fsp3) is 0.0714. The quantitative estimate of drug-likeness (QED) is 0.669. The van der Waals surface area contributed by atoms with Crippen molar-refractivity contribution in [2.75, 3.05) is 17.4 Å². The molecule has 2 aromatic carbocycles. The Morgan fingerprint density at radius 1 is 1.15 bits per heavy atom. The highest BCUT2D eigenvalue weighted by Gasteiger charge is 2.18. The van der Waals surface area contributed by atoms with Gasteiger partial charge in [-0.15, -0.1) is 0 Å². The number of hydrazine groups is 1. The summed E-state index contributed by atoms with van der Waals surface area (Å²) < 4.78 is 27.2. The van der Waals surface area contributed by atoms with Gasteiger partial charge in [0, 0.05) is 18.3 Å². The average Bonchev–Trinajstić information content (AvgIpc) is 2.46. The number of amides is 1. The predicted molar refractivity (Wildman–Crippen MR) is 73.3 cm³/mol. The molecule has 0 fully saturated rings. The van der Waals surface area contributed by atoms with Crippen LogP contribution in [0.5, 0.6) is 0 Å². The van der Waals surface area contributed by atoms with Crippen molar-refractivity contribution >= 4 is 17.3 Å². The second kappa shape index (κ2) is 5.66. The summed E-state index contributed by atoms with van der Waals surface area (Å²) in [5.74, 6) is 2.65. The normalized spacial score (nSPS) is 10.2. The molecule has 0 spiro atoms. The molecule has 0 aliphatic carbocycles. The zero-order valence-corrected chi connectivity index (χ0v) is 10.7. The molecule has 0 saturated heterocycles. The average molecular weight is 277 g/mol. The third kappa shape index (κ3) is 2.60. The molecular weight excluding hydrogens is 264 g/mol. The molecule has 20 heavy (non-hydrogen) atoms. The van der Waals surface area contributed by atoms with E-state index in [1.165, 1.54) is 11.9 Å². The van der Waals surface area contributed by atoms with E-state index in [0.29, 0.717) is 5.69 Å². The minimum Gasteiger partial charge on any atom is -0.319 e. The van der Waals surface area contributed by atoms with Crippen LogP contribution < -0.4 is 16.2 Å². The zero-order chi connectivity index (χ0) is 14.7. The molecule has 0 radical (unpaired) electrons. The van der Waals surface area contributed by atoms with Crippen LogP contribution in [0.3, 0.4) is 0 Å². The van der Waals surface area contributed by atoms with Gasteiger partial charge in [0.05, 0.1) is 0 Å². The number of nitrogen functional groups attached to an aromatic ring is 1. The van der Waals surface area contributed by atoms with Crippen molar-refractivity contribution in [1.29, 1.82) is 0 Å². The Bertz CT molecular complexity index is 609. The lowest BCUT2D eigenvalue weighted by atomic mass is 10.1. The topological polar surface area (TPSA) is 58.4 Å². The summed E-state index contributed by atoms with van der Waals surface area (Å²) in [5, 5.41) is 0. The summed E-state index contributed by atoms with van der Waals surface area (Å²) in [6.07, 6.45) is 0. The Hall–Kier alpha value is -2.47. The molecule has 0 aromatic heterocycles. The number of carbonyl (C=O) groups is 1. The van der Waals surface area contributed by atoms with Gasteiger partial charge < -0.3 is 10.3 Å². The number of hydrogen-bond acceptors (Lipinski definition) is 3. The molecule has 0 bridgehead atoms. The van der Waals surface area contributed by atoms with Crippen LogP contribution in [0.15, 0.2) is 42.5 Å². The number of benzene rings is 2. The number of anilines is 2. The third-order valence-corrected chi connectivity index (χ3v) is 2.88. The zero-order valence-electron chi connectivity index (χ0n) is 10.7. The first-order valence-electron chi connectivity index (χ1n) is 5.83. The monoisotopic (exact) mass is 277 g/mol. The summed E-state index contributed by atoms with van der Waals surface area (Å²) >= 11 is 0. The Kier molecular flexibility index (Phi) is 3.95. The van der Waals surface area contributed by atoms with Gasteiger partial charge in [0.1, 0.15) is 5.69 Å². The van der Waals surface area contributed by atoms with Crippen molar-refractivity contribution in [2.24, 2.45) is 5.84 Å². The van der Waals surface area contributed by atoms with E-state index in [4.69, 9.17) is 5.84 Å². The first kappa shape index (κ1) is 14.0. The molecule has 2 aromatic rings. The second-order valence-electron chi connectivity index (χ2n) is 4.16. The standard InChI is InChI=1S/C14H13F2N3O/c1-19(10-5-3-2-4-6-10)14(20)9-7-11(15)13(18-17)12(16)8-9/h2-8,18H,17H2,1H3. The van der Waals surface area contributed by atoms with Gasteiger partial charge in [-0.05, 0) is 24.3 Å². The van der Waals surface area contributed by atoms with Crippen molar-refractivity contribution in [3.8, 4) is 0 Å². The van der Waals surface area contributed by atoms with Crippen LogP contribution >= 0.6 is 0 Å². The van der Waals surface area contributed by atoms with Gasteiger partial charge in [-0.2, -0.15) is 0 Å². The summed E-state index contributed by atoms with van der Waals surface area (Å²) in [5.41, 5.74) is 1.98. The second-order valence-corrected chi connectivity index (χ2v) is 4.16. The lowest BCUT2D eigenvalue weighted by Crippen LogP contribution is -2.26. The molecule has 0 atom stereocenters. The third-order valence-electron chi connectivity index (χ3n) is 2.88. The first-order chi connectivity index (χ1) is 9.54. The number of nitrogens with two attached hydrogens (primary N) is 1. The lowest BCUT2D eigenvalue weighted by molar-refractivity contribution is 0.0992. The highest BCUT2D eigenvalue weighted by molar-refractivity contribution is 6.05. The van der Waals surface area contributed by atoms with Gasteiger partial charge in [-0.1, -0.05) is 18.2 Å². The van der Waals surface area contributed by atoms with Crippen molar-refractivity contribution < 1.29 is 13.6 Å². The number of nitrogens with zero attached hydrogens (tertiary/aromatic N) is 1. The van der Waals surface area contributed by atoms with Gasteiger partial charge >= 0.3 is 0 Å². The van der Waals surface area contributed by atoms with Crippen molar-refractivity contribution in [3.63, 3.8) is 0 Å². The molecular formula is C14H13F2N3O. The minimum atomic E-state index is -0.919. The number of rotatable bonds is 3. The van der Waals surface area contributed by atoms with Crippen molar-refractivity contribution in [2.45, 2.75) is 0 Å². The fourth-order valence-electron chi connectivity index (χ4n) is 1.80. The Morgan fingerprint density at radius 2 is 1.70 bits per heavy atom. The maximum Gasteiger partial charge on any atom is 0.258 e. The van der Waals surface area contributed by atoms with Crippen LogP contribution in [0.25, 0.3) is 0 Å². The van der Waals surface area contributed by atoms with E-state index >= 15 is 0 Å². The number of nitrogens with one attached hydrogen (secondary N) is 1. The van der Waals surface area contributed by atoms with Crippen LogP contribution in [0.1, 0.15) is 10.4 Å². The minimum absolute atomic E-state index is 0.0923. The van der Waals surface area contributed by atoms with E-state index in [0.717, 1.165) is 12.1 Å². The molecule has 0 heterocycles. The number of halogens is 2. The number of para-hydroxylation sites is 1. The summed E-state index contributed by atoms with van der Waals surface area (Å²) in [6, 6.07) is 10.7. The van der Waals surface area contributed by atoms with E-state index in [2.05, 4.69) is 0 Å². The number of hydrogen-bond donors (Lipinski definition) is 2. The largest absolute Gasteiger partial charge is 0.319 e. The maximum atomic E-state index is 13.6. The van der Waals surface area contributed by atoms with E-state index in [1.807, 2.05) is 11.5 Å². The van der Waals surface area contributed by atoms with Gasteiger partial charge in [0.25, 0.3) is 5.91 Å². The van der Waals surface area contributed by atoms with Crippen LogP contribution in [-0.4, -0.2) is 13.0 Å². The summed E-state index contributed by atoms with van der Waals surface area (Å²) in [4.78, 5) is 13.5. The molecule has 0 aliphatic heterocycles. The van der Waals surface area contributed by atoms with E-state index in [1.54, 1.807) is 24.3 Å². The molecule has 0 unspecified atom stereocenters. The van der Waals surface area contributed by atoms with Gasteiger partial charge in [0.2, 0.25) is 0 Å². The van der Waals surface area contributed by atoms with Crippen LogP contribution in [0, 0.1) is 11.6 Å². The summed E-state index contributed by atoms with van der Waals surface area (Å²) in [7, 11) is 1.53. The van der Waals surface area contributed by atoms with E-state index in [-0.39, 0.29) is 5.56 Å². The highest BCUT2D eigenvalue weighted by atomic mass is 19.1. The van der Waals surface area contributed by atoms with Crippen LogP contribution in [0.4, 0.5) is 20.2 Å². The van der Waals surface area contributed by atoms with E-state index in [9.17, 15) is 13.6 Å². The lowest BCUT2D eigenvalue weighted by Gasteiger charge is -2.17. The van der Waals surface area contributed by atoms with Crippen LogP contribution in [-0.2, 0) is 0 Å². The molecule has 4 nitrogen and oxygen atoms in total. The Morgan fingerprint density at radius 3 is 2.20 bits per heavy atom. The Balaban J connectivity index is 2.35. The van der Waals surface area contributed by atoms with Gasteiger partial charge in [-0.3, -0.25) is 10.6 Å². The SMILES string of the molecule is CN(C(=O)c1cc(F)c(NN)c(F)c1)c1ccccc1. The van der Waals surface area contributed by atoms with Crippen LogP contribution in [0.2, 0.25) is 0 Å². The highest BCUT2D eigenvalue weighted by Crippen LogP contribution is 2.22. The van der Waals surface area contributed by atoms with E-state index < -0.39 is 23.2 Å². The fourth-order valence-corrected chi connectivity index (χ4v) is 1.80. The van der Waals surface area contributed by atoms with Gasteiger partial charge in [-0.25, -0.2) is 8.78 Å². The Labute approximate surface area is 114 Å². The summed E-state index contributed by atoms with van der Waals surface area (Å²) in [6.45, 7) is 0. The van der Waals surface area contributed by atoms with Crippen molar-refractivity contribution in [1.82, 2.24) is 0 Å². The molecule has 6 heteroatoms.